The van der Waals surface area contributed by atoms with Crippen LogP contribution in [-0.2, 0) is 14.8 Å². The zero-order chi connectivity index (χ0) is 25.9. The summed E-state index contributed by atoms with van der Waals surface area (Å²) in [5.41, 5.74) is 0.714. The molecule has 0 aliphatic carbocycles. The highest BCUT2D eigenvalue weighted by Gasteiger charge is 2.35. The van der Waals surface area contributed by atoms with Crippen molar-refractivity contribution in [1.29, 1.82) is 0 Å². The van der Waals surface area contributed by atoms with Gasteiger partial charge in [-0.1, -0.05) is 29.8 Å². The molecule has 36 heavy (non-hydrogen) atoms. The molecule has 3 aromatic rings. The van der Waals surface area contributed by atoms with Gasteiger partial charge in [0.2, 0.25) is 5.91 Å². The Kier molecular flexibility index (Phi) is 7.47. The number of hydrogen-bond acceptors (Lipinski definition) is 5. The van der Waals surface area contributed by atoms with Crippen molar-refractivity contribution >= 4 is 33.2 Å². The van der Waals surface area contributed by atoms with Crippen LogP contribution in [0.25, 0.3) is 0 Å². The van der Waals surface area contributed by atoms with Crippen molar-refractivity contribution in [1.82, 2.24) is 5.32 Å². The van der Waals surface area contributed by atoms with E-state index in [1.165, 1.54) is 24.3 Å². The third-order valence-electron chi connectivity index (χ3n) is 5.84. The average molecular weight is 529 g/mol. The summed E-state index contributed by atoms with van der Waals surface area (Å²) in [6.07, 6.45) is 0.544. The summed E-state index contributed by atoms with van der Waals surface area (Å²) < 4.78 is 39.9. The number of benzene rings is 3. The Morgan fingerprint density at radius 3 is 2.42 bits per heavy atom. The molecular formula is C27H29ClN2O5S. The molecule has 1 aliphatic heterocycles. The van der Waals surface area contributed by atoms with Crippen LogP contribution >= 0.6 is 11.6 Å². The van der Waals surface area contributed by atoms with Crippen LogP contribution < -0.4 is 19.1 Å². The van der Waals surface area contributed by atoms with Crippen molar-refractivity contribution < 1.29 is 22.7 Å². The first kappa shape index (κ1) is 25.9. The molecule has 0 bridgehead atoms. The normalized spacial score (nSPS) is 16.4. The Labute approximate surface area is 217 Å². The lowest BCUT2D eigenvalue weighted by Gasteiger charge is -2.38. The Morgan fingerprint density at radius 2 is 1.75 bits per heavy atom. The zero-order valence-corrected chi connectivity index (χ0v) is 22.0. The van der Waals surface area contributed by atoms with Crippen LogP contribution in [0.5, 0.6) is 11.5 Å². The SMILES string of the molecule is CCOc1ccc(N(CC(=O)NC2CC(C)(C)Oc3ccccc32)S(=O)(=O)c2ccc(Cl)cc2)cc1. The van der Waals surface area contributed by atoms with Gasteiger partial charge in [-0.15, -0.1) is 0 Å². The van der Waals surface area contributed by atoms with E-state index >= 15 is 0 Å². The van der Waals surface area contributed by atoms with Crippen LogP contribution in [-0.4, -0.2) is 33.1 Å². The average Bonchev–Trinajstić information content (AvgIpc) is 2.83. The second-order valence-corrected chi connectivity index (χ2v) is 11.4. The number of amides is 1. The van der Waals surface area contributed by atoms with Crippen molar-refractivity contribution in [2.24, 2.45) is 0 Å². The summed E-state index contributed by atoms with van der Waals surface area (Å²) in [6, 6.07) is 19.7. The van der Waals surface area contributed by atoms with Crippen LogP contribution in [0.2, 0.25) is 5.02 Å². The molecule has 9 heteroatoms. The van der Waals surface area contributed by atoms with Gasteiger partial charge < -0.3 is 14.8 Å². The number of nitrogens with zero attached hydrogens (tertiary/aromatic N) is 1. The van der Waals surface area contributed by atoms with Crippen molar-refractivity contribution in [2.45, 2.75) is 43.7 Å². The van der Waals surface area contributed by atoms with Crippen LogP contribution in [0.1, 0.15) is 38.8 Å². The van der Waals surface area contributed by atoms with Gasteiger partial charge in [0.15, 0.2) is 0 Å². The van der Waals surface area contributed by atoms with Crippen LogP contribution in [0.15, 0.2) is 77.7 Å². The lowest BCUT2D eigenvalue weighted by Crippen LogP contribution is -2.45. The predicted octanol–water partition coefficient (Wildman–Crippen LogP) is 5.35. The molecule has 7 nitrogen and oxygen atoms in total. The van der Waals surface area contributed by atoms with E-state index < -0.39 is 28.1 Å². The molecule has 0 saturated heterocycles. The molecule has 1 amide bonds. The summed E-state index contributed by atoms with van der Waals surface area (Å²) in [6.45, 7) is 5.86. The predicted molar refractivity (Wildman–Crippen MR) is 140 cm³/mol. The van der Waals surface area contributed by atoms with E-state index in [0.29, 0.717) is 35.2 Å². The number of para-hydroxylation sites is 1. The fourth-order valence-corrected chi connectivity index (χ4v) is 5.77. The Hall–Kier alpha value is -3.23. The minimum Gasteiger partial charge on any atom is -0.494 e. The molecule has 1 N–H and O–H groups in total. The molecule has 1 heterocycles. The van der Waals surface area contributed by atoms with Gasteiger partial charge in [-0.05, 0) is 75.4 Å². The van der Waals surface area contributed by atoms with Gasteiger partial charge in [0.05, 0.1) is 23.2 Å². The van der Waals surface area contributed by atoms with Crippen LogP contribution in [0.4, 0.5) is 5.69 Å². The Bertz CT molecular complexity index is 1330. The number of sulfonamides is 1. The third-order valence-corrected chi connectivity index (χ3v) is 7.88. The molecule has 0 radical (unpaired) electrons. The number of halogens is 1. The lowest BCUT2D eigenvalue weighted by atomic mass is 9.89. The first-order chi connectivity index (χ1) is 17.1. The number of hydrogen-bond donors (Lipinski definition) is 1. The summed E-state index contributed by atoms with van der Waals surface area (Å²) >= 11 is 5.97. The lowest BCUT2D eigenvalue weighted by molar-refractivity contribution is -0.120. The highest BCUT2D eigenvalue weighted by Crippen LogP contribution is 2.39. The molecule has 0 aromatic heterocycles. The van der Waals surface area contributed by atoms with Gasteiger partial charge in [-0.3, -0.25) is 9.10 Å². The Morgan fingerprint density at radius 1 is 1.08 bits per heavy atom. The molecule has 4 rings (SSSR count). The van der Waals surface area contributed by atoms with E-state index in [1.807, 2.05) is 45.0 Å². The zero-order valence-electron chi connectivity index (χ0n) is 20.4. The van der Waals surface area contributed by atoms with E-state index in [-0.39, 0.29) is 10.9 Å². The number of carbonyl (C=O) groups is 1. The van der Waals surface area contributed by atoms with E-state index in [4.69, 9.17) is 21.1 Å². The maximum absolute atomic E-state index is 13.6. The van der Waals surface area contributed by atoms with Gasteiger partial charge in [-0.2, -0.15) is 0 Å². The monoisotopic (exact) mass is 528 g/mol. The molecule has 3 aromatic carbocycles. The maximum Gasteiger partial charge on any atom is 0.264 e. The number of rotatable bonds is 8. The number of fused-ring (bicyclic) bond motifs is 1. The van der Waals surface area contributed by atoms with E-state index in [0.717, 1.165) is 9.87 Å². The summed E-state index contributed by atoms with van der Waals surface area (Å²) in [5, 5.41) is 3.44. The highest BCUT2D eigenvalue weighted by molar-refractivity contribution is 7.92. The fraction of sp³-hybridized carbons (Fsp3) is 0.296. The van der Waals surface area contributed by atoms with Gasteiger partial charge in [0.1, 0.15) is 23.6 Å². The van der Waals surface area contributed by atoms with Crippen molar-refractivity contribution in [3.63, 3.8) is 0 Å². The number of carbonyl (C=O) groups excluding carboxylic acids is 1. The minimum absolute atomic E-state index is 0.0335. The van der Waals surface area contributed by atoms with Crippen LogP contribution in [0.3, 0.4) is 0 Å². The molecule has 190 valence electrons. The molecule has 0 fully saturated rings. The Balaban J connectivity index is 1.64. The van der Waals surface area contributed by atoms with E-state index in [2.05, 4.69) is 5.32 Å². The highest BCUT2D eigenvalue weighted by atomic mass is 35.5. The second kappa shape index (κ2) is 10.4. The molecule has 1 aliphatic rings. The third kappa shape index (κ3) is 5.77. The summed E-state index contributed by atoms with van der Waals surface area (Å²) in [4.78, 5) is 13.3. The van der Waals surface area contributed by atoms with Crippen molar-refractivity contribution in [2.75, 3.05) is 17.5 Å². The summed E-state index contributed by atoms with van der Waals surface area (Å²) in [7, 11) is -4.07. The molecule has 0 saturated carbocycles. The van der Waals surface area contributed by atoms with Gasteiger partial charge in [0.25, 0.3) is 10.0 Å². The fourth-order valence-electron chi connectivity index (χ4n) is 4.23. The molecule has 1 unspecified atom stereocenters. The minimum atomic E-state index is -4.07. The maximum atomic E-state index is 13.6. The van der Waals surface area contributed by atoms with E-state index in [1.54, 1.807) is 24.3 Å². The first-order valence-corrected chi connectivity index (χ1v) is 13.5. The van der Waals surface area contributed by atoms with Crippen LogP contribution in [0, 0.1) is 0 Å². The van der Waals surface area contributed by atoms with Crippen molar-refractivity contribution in [3.8, 4) is 11.5 Å². The largest absolute Gasteiger partial charge is 0.494 e. The van der Waals surface area contributed by atoms with Gasteiger partial charge >= 0.3 is 0 Å². The molecule has 1 atom stereocenters. The van der Waals surface area contributed by atoms with Gasteiger partial charge in [0, 0.05) is 17.0 Å². The van der Waals surface area contributed by atoms with Gasteiger partial charge in [-0.25, -0.2) is 8.42 Å². The van der Waals surface area contributed by atoms with E-state index in [9.17, 15) is 13.2 Å². The second-order valence-electron chi connectivity index (χ2n) is 9.12. The summed E-state index contributed by atoms with van der Waals surface area (Å²) in [5.74, 6) is 0.880. The number of nitrogens with one attached hydrogen (secondary N) is 1. The molecular weight excluding hydrogens is 500 g/mol. The number of anilines is 1. The quantitative estimate of drug-likeness (QED) is 0.426. The molecule has 0 spiro atoms. The van der Waals surface area contributed by atoms with Crippen molar-refractivity contribution in [3.05, 3.63) is 83.4 Å². The number of ether oxygens (including phenoxy) is 2. The standard InChI is InChI=1S/C27H29ClN2O5S/c1-4-34-21-13-11-20(12-14-21)30(36(32,33)22-15-9-19(28)10-16-22)18-26(31)29-24-17-27(2,3)35-25-8-6-5-7-23(24)25/h5-16,24H,4,17-18H2,1-3H3,(H,29,31). The first-order valence-electron chi connectivity index (χ1n) is 11.7. The smallest absolute Gasteiger partial charge is 0.264 e. The topological polar surface area (TPSA) is 84.9 Å².